The van der Waals surface area contributed by atoms with Gasteiger partial charge in [-0.15, -0.1) is 6.58 Å². The van der Waals surface area contributed by atoms with E-state index in [1.807, 2.05) is 18.2 Å². The molecule has 0 fully saturated rings. The Morgan fingerprint density at radius 3 is 2.65 bits per heavy atom. The maximum absolute atomic E-state index is 12.8. The molecule has 0 aliphatic heterocycles. The highest BCUT2D eigenvalue weighted by Gasteiger charge is 2.12. The Morgan fingerprint density at radius 2 is 2.06 bits per heavy atom. The third kappa shape index (κ3) is 2.97. The minimum Gasteiger partial charge on any atom is -0.467 e. The van der Waals surface area contributed by atoms with Crippen LogP contribution in [0.3, 0.4) is 0 Å². The van der Waals surface area contributed by atoms with E-state index < -0.39 is 0 Å². The number of halogens is 1. The summed E-state index contributed by atoms with van der Waals surface area (Å²) < 4.78 is 18.1. The molecule has 3 heteroatoms. The quantitative estimate of drug-likeness (QED) is 0.782. The molecule has 1 aromatic heterocycles. The molecule has 0 aliphatic rings. The number of nitrogens with one attached hydrogen (secondary N) is 1. The summed E-state index contributed by atoms with van der Waals surface area (Å²) in [4.78, 5) is 0. The second-order valence-electron chi connectivity index (χ2n) is 3.74. The zero-order valence-electron chi connectivity index (χ0n) is 9.40. The van der Waals surface area contributed by atoms with Crippen molar-refractivity contribution in [1.29, 1.82) is 0 Å². The summed E-state index contributed by atoms with van der Waals surface area (Å²) in [5.41, 5.74) is 0.856. The highest BCUT2D eigenvalue weighted by molar-refractivity contribution is 5.44. The summed E-state index contributed by atoms with van der Waals surface area (Å²) in [7, 11) is 0. The highest BCUT2D eigenvalue weighted by Crippen LogP contribution is 2.23. The molecule has 2 rings (SSSR count). The largest absolute Gasteiger partial charge is 0.467 e. The van der Waals surface area contributed by atoms with Gasteiger partial charge in [-0.3, -0.25) is 0 Å². The summed E-state index contributed by atoms with van der Waals surface area (Å²) >= 11 is 0. The Morgan fingerprint density at radius 1 is 1.29 bits per heavy atom. The molecule has 1 N–H and O–H groups in total. The van der Waals surface area contributed by atoms with Crippen molar-refractivity contribution < 1.29 is 8.81 Å². The van der Waals surface area contributed by atoms with Crippen molar-refractivity contribution >= 4 is 5.69 Å². The van der Waals surface area contributed by atoms with Crippen molar-refractivity contribution in [1.82, 2.24) is 0 Å². The molecule has 2 aromatic rings. The molecule has 0 bridgehead atoms. The first-order valence-corrected chi connectivity index (χ1v) is 5.46. The van der Waals surface area contributed by atoms with Crippen LogP contribution in [0.15, 0.2) is 59.7 Å². The second-order valence-corrected chi connectivity index (χ2v) is 3.74. The highest BCUT2D eigenvalue weighted by atomic mass is 19.1. The number of rotatable bonds is 5. The van der Waals surface area contributed by atoms with Crippen molar-refractivity contribution in [2.45, 2.75) is 12.5 Å². The second kappa shape index (κ2) is 5.34. The molecule has 0 spiro atoms. The molecule has 1 heterocycles. The van der Waals surface area contributed by atoms with Gasteiger partial charge in [0.1, 0.15) is 11.6 Å². The van der Waals surface area contributed by atoms with E-state index in [1.54, 1.807) is 18.4 Å². The van der Waals surface area contributed by atoms with Crippen LogP contribution in [0.2, 0.25) is 0 Å². The first kappa shape index (κ1) is 11.5. The lowest BCUT2D eigenvalue weighted by molar-refractivity contribution is 0.480. The molecule has 0 saturated heterocycles. The summed E-state index contributed by atoms with van der Waals surface area (Å²) in [6, 6.07) is 10.0. The number of hydrogen-bond donors (Lipinski definition) is 1. The Labute approximate surface area is 99.8 Å². The molecule has 2 nitrogen and oxygen atoms in total. The van der Waals surface area contributed by atoms with E-state index in [0.717, 1.165) is 17.9 Å². The monoisotopic (exact) mass is 231 g/mol. The number of furan rings is 1. The molecule has 1 atom stereocenters. The predicted octanol–water partition coefficient (Wildman–Crippen LogP) is 4.15. The lowest BCUT2D eigenvalue weighted by atomic mass is 10.1. The van der Waals surface area contributed by atoms with Gasteiger partial charge in [0.05, 0.1) is 12.3 Å². The maximum atomic E-state index is 12.8. The third-order valence-electron chi connectivity index (χ3n) is 2.47. The number of benzene rings is 1. The first-order chi connectivity index (χ1) is 8.29. The van der Waals surface area contributed by atoms with Crippen LogP contribution in [0.25, 0.3) is 0 Å². The van der Waals surface area contributed by atoms with E-state index >= 15 is 0 Å². The van der Waals surface area contributed by atoms with E-state index in [-0.39, 0.29) is 11.9 Å². The molecule has 17 heavy (non-hydrogen) atoms. The van der Waals surface area contributed by atoms with Gasteiger partial charge in [-0.25, -0.2) is 4.39 Å². The molecule has 0 radical (unpaired) electrons. The van der Waals surface area contributed by atoms with Gasteiger partial charge in [0.15, 0.2) is 0 Å². The van der Waals surface area contributed by atoms with E-state index in [1.165, 1.54) is 12.1 Å². The average molecular weight is 231 g/mol. The minimum atomic E-state index is -0.242. The predicted molar refractivity (Wildman–Crippen MR) is 66.3 cm³/mol. The van der Waals surface area contributed by atoms with Crippen molar-refractivity contribution in [2.75, 3.05) is 5.32 Å². The molecule has 88 valence electrons. The molecular formula is C14H14FNO. The van der Waals surface area contributed by atoms with E-state index in [2.05, 4.69) is 11.9 Å². The fourth-order valence-corrected chi connectivity index (χ4v) is 1.65. The fourth-order valence-electron chi connectivity index (χ4n) is 1.65. The summed E-state index contributed by atoms with van der Waals surface area (Å²) in [6.07, 6.45) is 4.20. The van der Waals surface area contributed by atoms with Crippen LogP contribution >= 0.6 is 0 Å². The van der Waals surface area contributed by atoms with Gasteiger partial charge >= 0.3 is 0 Å². The molecule has 0 unspecified atom stereocenters. The van der Waals surface area contributed by atoms with E-state index in [0.29, 0.717) is 0 Å². The Hall–Kier alpha value is -2.03. The van der Waals surface area contributed by atoms with Gasteiger partial charge < -0.3 is 9.73 Å². The van der Waals surface area contributed by atoms with Crippen LogP contribution in [-0.4, -0.2) is 0 Å². The van der Waals surface area contributed by atoms with Gasteiger partial charge in [0.2, 0.25) is 0 Å². The van der Waals surface area contributed by atoms with Crippen molar-refractivity contribution in [3.05, 3.63) is 66.9 Å². The molecule has 1 aromatic carbocycles. The Kier molecular flexibility index (Phi) is 3.60. The first-order valence-electron chi connectivity index (χ1n) is 5.46. The van der Waals surface area contributed by atoms with Gasteiger partial charge in [-0.2, -0.15) is 0 Å². The van der Waals surface area contributed by atoms with E-state index in [4.69, 9.17) is 4.42 Å². The maximum Gasteiger partial charge on any atom is 0.126 e. The third-order valence-corrected chi connectivity index (χ3v) is 2.47. The van der Waals surface area contributed by atoms with Crippen LogP contribution in [0.5, 0.6) is 0 Å². The normalized spacial score (nSPS) is 12.1. The molecular weight excluding hydrogens is 217 g/mol. The SMILES string of the molecule is C=CC[C@H](Nc1ccc(F)cc1)c1ccco1. The Balaban J connectivity index is 2.13. The van der Waals surface area contributed by atoms with Gasteiger partial charge in [0.25, 0.3) is 0 Å². The van der Waals surface area contributed by atoms with Crippen molar-refractivity contribution in [2.24, 2.45) is 0 Å². The molecule has 0 aliphatic carbocycles. The summed E-state index contributed by atoms with van der Waals surface area (Å²) in [5.74, 6) is 0.600. The van der Waals surface area contributed by atoms with E-state index in [9.17, 15) is 4.39 Å². The van der Waals surface area contributed by atoms with Gasteiger partial charge in [0, 0.05) is 5.69 Å². The molecule has 0 amide bonds. The van der Waals surface area contributed by atoms with Crippen LogP contribution in [-0.2, 0) is 0 Å². The standard InChI is InChI=1S/C14H14FNO/c1-2-4-13(14-5-3-10-17-14)16-12-8-6-11(15)7-9-12/h2-3,5-10,13,16H,1,4H2/t13-/m0/s1. The zero-order chi connectivity index (χ0) is 12.1. The molecule has 0 saturated carbocycles. The van der Waals surface area contributed by atoms with Crippen LogP contribution < -0.4 is 5.32 Å². The van der Waals surface area contributed by atoms with Gasteiger partial charge in [-0.1, -0.05) is 6.08 Å². The van der Waals surface area contributed by atoms with Crippen molar-refractivity contribution in [3.63, 3.8) is 0 Å². The van der Waals surface area contributed by atoms with Crippen LogP contribution in [0, 0.1) is 5.82 Å². The number of hydrogen-bond acceptors (Lipinski definition) is 2. The number of anilines is 1. The van der Waals surface area contributed by atoms with Gasteiger partial charge in [-0.05, 0) is 42.8 Å². The van der Waals surface area contributed by atoms with Crippen LogP contribution in [0.4, 0.5) is 10.1 Å². The lowest BCUT2D eigenvalue weighted by Crippen LogP contribution is -2.08. The topological polar surface area (TPSA) is 25.2 Å². The Bertz CT molecular complexity index is 461. The lowest BCUT2D eigenvalue weighted by Gasteiger charge is -2.16. The summed E-state index contributed by atoms with van der Waals surface area (Å²) in [6.45, 7) is 3.72. The minimum absolute atomic E-state index is 0.0213. The van der Waals surface area contributed by atoms with Crippen molar-refractivity contribution in [3.8, 4) is 0 Å². The summed E-state index contributed by atoms with van der Waals surface area (Å²) in [5, 5.41) is 3.28. The smallest absolute Gasteiger partial charge is 0.126 e. The fraction of sp³-hybridized carbons (Fsp3) is 0.143. The average Bonchev–Trinajstić information content (AvgIpc) is 2.85. The van der Waals surface area contributed by atoms with Crippen LogP contribution in [0.1, 0.15) is 18.2 Å². The zero-order valence-corrected chi connectivity index (χ0v) is 9.40.